The summed E-state index contributed by atoms with van der Waals surface area (Å²) in [5, 5.41) is 3.89. The van der Waals surface area contributed by atoms with E-state index < -0.39 is 0 Å². The number of nitrogens with two attached hydrogens (primary N) is 1. The van der Waals surface area contributed by atoms with Crippen molar-refractivity contribution in [1.82, 2.24) is 0 Å². The molecule has 2 atom stereocenters. The molecule has 0 heterocycles. The average molecular weight is 257 g/mol. The van der Waals surface area contributed by atoms with Crippen LogP contribution in [-0.2, 0) is 11.4 Å². The van der Waals surface area contributed by atoms with Crippen molar-refractivity contribution >= 4 is 18.6 Å². The number of hydrogen-bond donors (Lipinski definition) is 1. The Morgan fingerprint density at radius 3 is 2.59 bits per heavy atom. The predicted octanol–water partition coefficient (Wildman–Crippen LogP) is 2.98. The molecule has 1 aromatic carbocycles. The summed E-state index contributed by atoms with van der Waals surface area (Å²) in [6, 6.07) is 9.92. The van der Waals surface area contributed by atoms with Gasteiger partial charge in [0.15, 0.2) is 0 Å². The Labute approximate surface area is 109 Å². The quantitative estimate of drug-likeness (QED) is 0.628. The normalized spacial score (nSPS) is 14.1. The van der Waals surface area contributed by atoms with Crippen molar-refractivity contribution in [3.05, 3.63) is 35.9 Å². The summed E-state index contributed by atoms with van der Waals surface area (Å²) in [6.07, 6.45) is 2.73. The lowest BCUT2D eigenvalue weighted by molar-refractivity contribution is 0.131. The van der Waals surface area contributed by atoms with Gasteiger partial charge in [0.25, 0.3) is 0 Å². The van der Waals surface area contributed by atoms with Crippen LogP contribution < -0.4 is 5.73 Å². The van der Waals surface area contributed by atoms with Gasteiger partial charge in [-0.2, -0.15) is 0 Å². The third-order valence-corrected chi connectivity index (χ3v) is 2.68. The summed E-state index contributed by atoms with van der Waals surface area (Å²) in [5.74, 6) is 0.434. The van der Waals surface area contributed by atoms with Crippen LogP contribution in [0, 0.1) is 5.92 Å². The van der Waals surface area contributed by atoms with Crippen molar-refractivity contribution in [2.24, 2.45) is 16.8 Å². The first-order chi connectivity index (χ1) is 7.74. The van der Waals surface area contributed by atoms with Gasteiger partial charge in [0, 0.05) is 6.04 Å². The zero-order valence-corrected chi connectivity index (χ0v) is 11.2. The molecule has 2 N–H and O–H groups in total. The third-order valence-electron chi connectivity index (χ3n) is 2.68. The van der Waals surface area contributed by atoms with E-state index in [2.05, 4.69) is 19.0 Å². The molecule has 0 aliphatic carbocycles. The average Bonchev–Trinajstić information content (AvgIpc) is 2.34. The number of oxime groups is 1. The number of nitrogens with zero attached hydrogens (tertiary/aromatic N) is 1. The lowest BCUT2D eigenvalue weighted by atomic mass is 10.0. The second kappa shape index (κ2) is 9.02. The first kappa shape index (κ1) is 15.9. The number of rotatable bonds is 6. The van der Waals surface area contributed by atoms with Crippen molar-refractivity contribution in [1.29, 1.82) is 0 Å². The second-order valence-electron chi connectivity index (χ2n) is 3.98. The van der Waals surface area contributed by atoms with Crippen LogP contribution >= 0.6 is 12.4 Å². The molecular weight excluding hydrogens is 236 g/mol. The number of halogens is 1. The molecule has 1 aromatic rings. The molecule has 0 unspecified atom stereocenters. The lowest BCUT2D eigenvalue weighted by Gasteiger charge is -2.12. The van der Waals surface area contributed by atoms with Crippen molar-refractivity contribution in [2.75, 3.05) is 0 Å². The second-order valence-corrected chi connectivity index (χ2v) is 3.98. The van der Waals surface area contributed by atoms with Gasteiger partial charge < -0.3 is 10.6 Å². The van der Waals surface area contributed by atoms with Gasteiger partial charge >= 0.3 is 0 Å². The molecule has 0 aliphatic rings. The Hall–Kier alpha value is -1.06. The van der Waals surface area contributed by atoms with Gasteiger partial charge in [-0.3, -0.25) is 0 Å². The van der Waals surface area contributed by atoms with E-state index >= 15 is 0 Å². The summed E-state index contributed by atoms with van der Waals surface area (Å²) in [4.78, 5) is 5.17. The maximum atomic E-state index is 5.88. The van der Waals surface area contributed by atoms with Crippen LogP contribution in [0.4, 0.5) is 0 Å². The van der Waals surface area contributed by atoms with Gasteiger partial charge in [0.2, 0.25) is 0 Å². The highest BCUT2D eigenvalue weighted by molar-refractivity contribution is 5.85. The molecule has 0 fully saturated rings. The van der Waals surface area contributed by atoms with Crippen molar-refractivity contribution < 1.29 is 4.84 Å². The Morgan fingerprint density at radius 1 is 1.35 bits per heavy atom. The van der Waals surface area contributed by atoms with Crippen LogP contribution in [0.3, 0.4) is 0 Å². The van der Waals surface area contributed by atoms with Gasteiger partial charge in [0.1, 0.15) is 6.61 Å². The topological polar surface area (TPSA) is 47.6 Å². The van der Waals surface area contributed by atoms with Gasteiger partial charge in [-0.1, -0.05) is 55.8 Å². The minimum atomic E-state index is -0.0271. The molecule has 4 heteroatoms. The van der Waals surface area contributed by atoms with Crippen LogP contribution in [0.1, 0.15) is 25.8 Å². The number of benzene rings is 1. The highest BCUT2D eigenvalue weighted by atomic mass is 35.5. The molecule has 0 amide bonds. The summed E-state index contributed by atoms with van der Waals surface area (Å²) < 4.78 is 0. The van der Waals surface area contributed by atoms with Crippen molar-refractivity contribution in [2.45, 2.75) is 32.9 Å². The van der Waals surface area contributed by atoms with Crippen LogP contribution in [0.15, 0.2) is 35.5 Å². The van der Waals surface area contributed by atoms with Gasteiger partial charge in [-0.25, -0.2) is 0 Å². The molecule has 0 aliphatic heterocycles. The summed E-state index contributed by atoms with van der Waals surface area (Å²) in [7, 11) is 0. The largest absolute Gasteiger partial charge is 0.391 e. The van der Waals surface area contributed by atoms with E-state index in [0.29, 0.717) is 12.5 Å². The van der Waals surface area contributed by atoms with Gasteiger partial charge in [-0.15, -0.1) is 12.4 Å². The van der Waals surface area contributed by atoms with E-state index in [1.54, 1.807) is 6.21 Å². The fraction of sp³-hybridized carbons (Fsp3) is 0.462. The van der Waals surface area contributed by atoms with Gasteiger partial charge in [-0.05, 0) is 11.5 Å². The molecule has 17 heavy (non-hydrogen) atoms. The third kappa shape index (κ3) is 6.29. The fourth-order valence-corrected chi connectivity index (χ4v) is 1.22. The van der Waals surface area contributed by atoms with E-state index in [9.17, 15) is 0 Å². The van der Waals surface area contributed by atoms with Crippen molar-refractivity contribution in [3.63, 3.8) is 0 Å². The standard InChI is InChI=1S/C13H20N2O.ClH/c1-3-11(2)13(14)9-15-16-10-12-7-5-4-6-8-12;/h4-9,11,13H,3,10,14H2,1-2H3;1H/t11-,13+;/m0./s1. The molecule has 96 valence electrons. The smallest absolute Gasteiger partial charge is 0.142 e. The molecular formula is C13H21ClN2O. The lowest BCUT2D eigenvalue weighted by Crippen LogP contribution is -2.29. The van der Waals surface area contributed by atoms with Crippen LogP contribution in [0.5, 0.6) is 0 Å². The molecule has 1 rings (SSSR count). The highest BCUT2D eigenvalue weighted by Gasteiger charge is 2.07. The first-order valence-corrected chi connectivity index (χ1v) is 5.69. The van der Waals surface area contributed by atoms with Crippen LogP contribution in [0.2, 0.25) is 0 Å². The minimum absolute atomic E-state index is 0. The highest BCUT2D eigenvalue weighted by Crippen LogP contribution is 2.04. The Balaban J connectivity index is 0.00000256. The Bertz CT molecular complexity index is 316. The maximum absolute atomic E-state index is 5.88. The van der Waals surface area contributed by atoms with Gasteiger partial charge in [0.05, 0.1) is 6.21 Å². The van der Waals surface area contributed by atoms with E-state index in [1.165, 1.54) is 0 Å². The molecule has 0 spiro atoms. The first-order valence-electron chi connectivity index (χ1n) is 5.69. The zero-order chi connectivity index (χ0) is 11.8. The Kier molecular flexibility index (Phi) is 8.46. The SMILES string of the molecule is CC[C@H](C)[C@H](N)C=NOCc1ccccc1.Cl. The van der Waals surface area contributed by atoms with Crippen LogP contribution in [0.25, 0.3) is 0 Å². The van der Waals surface area contributed by atoms with E-state index in [-0.39, 0.29) is 18.4 Å². The summed E-state index contributed by atoms with van der Waals surface area (Å²) in [6.45, 7) is 4.71. The molecule has 3 nitrogen and oxygen atoms in total. The summed E-state index contributed by atoms with van der Waals surface area (Å²) in [5.41, 5.74) is 6.99. The summed E-state index contributed by atoms with van der Waals surface area (Å²) >= 11 is 0. The van der Waals surface area contributed by atoms with E-state index in [0.717, 1.165) is 12.0 Å². The molecule has 0 saturated heterocycles. The van der Waals surface area contributed by atoms with E-state index in [4.69, 9.17) is 10.6 Å². The maximum Gasteiger partial charge on any atom is 0.142 e. The van der Waals surface area contributed by atoms with Crippen LogP contribution in [-0.4, -0.2) is 12.3 Å². The van der Waals surface area contributed by atoms with E-state index in [1.807, 2.05) is 30.3 Å². The molecule has 0 saturated carbocycles. The van der Waals surface area contributed by atoms with Crippen molar-refractivity contribution in [3.8, 4) is 0 Å². The molecule has 0 radical (unpaired) electrons. The zero-order valence-electron chi connectivity index (χ0n) is 10.4. The molecule has 0 aromatic heterocycles. The fourth-order valence-electron chi connectivity index (χ4n) is 1.22. The monoisotopic (exact) mass is 256 g/mol. The Morgan fingerprint density at radius 2 is 2.00 bits per heavy atom. The molecule has 0 bridgehead atoms. The number of hydrogen-bond acceptors (Lipinski definition) is 3. The predicted molar refractivity (Wildman–Crippen MR) is 74.4 cm³/mol. The minimum Gasteiger partial charge on any atom is -0.391 e.